The van der Waals surface area contributed by atoms with Crippen molar-refractivity contribution in [2.45, 2.75) is 38.0 Å². The molecule has 0 spiro atoms. The Hall–Kier alpha value is -3.77. The average Bonchev–Trinajstić information content (AvgIpc) is 2.93. The van der Waals surface area contributed by atoms with E-state index in [1.54, 1.807) is 24.3 Å². The van der Waals surface area contributed by atoms with E-state index in [-0.39, 0.29) is 23.2 Å². The van der Waals surface area contributed by atoms with Crippen LogP contribution in [-0.2, 0) is 6.42 Å². The summed E-state index contributed by atoms with van der Waals surface area (Å²) in [6.45, 7) is 3.11. The number of aromatic carboxylic acids is 1. The van der Waals surface area contributed by atoms with Gasteiger partial charge in [-0.3, -0.25) is 9.59 Å². The maximum atomic E-state index is 13.2. The number of piperidine rings is 1. The third kappa shape index (κ3) is 5.81. The largest absolute Gasteiger partial charge is 0.478 e. The topological polar surface area (TPSA) is 86.7 Å². The third-order valence-electron chi connectivity index (χ3n) is 7.81. The molecule has 0 saturated carbocycles. The summed E-state index contributed by atoms with van der Waals surface area (Å²) in [5.74, 6) is -0.429. The first kappa shape index (κ1) is 24.9. The predicted octanol–water partition coefficient (Wildman–Crippen LogP) is 5.65. The Morgan fingerprint density at radius 2 is 1.59 bits per heavy atom. The summed E-state index contributed by atoms with van der Waals surface area (Å²) < 4.78 is 0. The Morgan fingerprint density at radius 1 is 0.892 bits per heavy atom. The maximum Gasteiger partial charge on any atom is 0.335 e. The average molecular weight is 497 g/mol. The Bertz CT molecular complexity index is 1280. The molecule has 6 heteroatoms. The number of hydrogen-bond donors (Lipinski definition) is 2. The molecule has 0 aromatic heterocycles. The van der Waals surface area contributed by atoms with Gasteiger partial charge in [-0.1, -0.05) is 36.4 Å². The number of likely N-dealkylation sites (tertiary alicyclic amines) is 1. The Kier molecular flexibility index (Phi) is 7.47. The van der Waals surface area contributed by atoms with E-state index < -0.39 is 5.97 Å². The first-order valence-corrected chi connectivity index (χ1v) is 13.1. The van der Waals surface area contributed by atoms with Crippen LogP contribution in [0.15, 0.2) is 72.8 Å². The number of amides is 1. The summed E-state index contributed by atoms with van der Waals surface area (Å²) in [6, 6.07) is 22.1. The van der Waals surface area contributed by atoms with Gasteiger partial charge in [0, 0.05) is 22.7 Å². The quantitative estimate of drug-likeness (QED) is 0.441. The van der Waals surface area contributed by atoms with E-state index >= 15 is 0 Å². The molecule has 3 aromatic carbocycles. The normalized spacial score (nSPS) is 18.3. The van der Waals surface area contributed by atoms with Crippen LogP contribution in [0.5, 0.6) is 0 Å². The van der Waals surface area contributed by atoms with Crippen molar-refractivity contribution in [1.29, 1.82) is 0 Å². The fraction of sp³-hybridized carbons (Fsp3) is 0.323. The lowest BCUT2D eigenvalue weighted by atomic mass is 9.80. The van der Waals surface area contributed by atoms with Gasteiger partial charge >= 0.3 is 5.97 Å². The maximum absolute atomic E-state index is 13.2. The molecule has 0 bridgehead atoms. The van der Waals surface area contributed by atoms with Crippen molar-refractivity contribution < 1.29 is 19.5 Å². The standard InChI is InChI=1S/C31H32N2O4/c34-29-23(16-19-33-17-14-22(15-18-33)21-4-2-1-3-5-21)6-7-25-20-26(10-13-28(25)29)30(35)32-27-11-8-24(9-12-27)31(36)37/h1-5,8-13,20,22-23H,6-7,14-19H2,(H,32,35)(H,36,37). The lowest BCUT2D eigenvalue weighted by molar-refractivity contribution is 0.0696. The van der Waals surface area contributed by atoms with Gasteiger partial charge in [-0.25, -0.2) is 4.79 Å². The first-order chi connectivity index (χ1) is 18.0. The number of ketones is 1. The molecule has 1 aliphatic heterocycles. The second-order valence-corrected chi connectivity index (χ2v) is 10.1. The molecule has 1 heterocycles. The molecule has 2 aliphatic rings. The highest BCUT2D eigenvalue weighted by Gasteiger charge is 2.29. The number of carboxylic acid groups (broad SMARTS) is 1. The van der Waals surface area contributed by atoms with Gasteiger partial charge in [-0.05, 0) is 105 Å². The number of aryl methyl sites for hydroxylation is 1. The smallest absolute Gasteiger partial charge is 0.335 e. The van der Waals surface area contributed by atoms with Crippen LogP contribution < -0.4 is 5.32 Å². The van der Waals surface area contributed by atoms with Gasteiger partial charge in [0.25, 0.3) is 5.91 Å². The third-order valence-corrected chi connectivity index (χ3v) is 7.81. The number of carboxylic acids is 1. The van der Waals surface area contributed by atoms with Crippen LogP contribution in [-0.4, -0.2) is 47.3 Å². The van der Waals surface area contributed by atoms with Gasteiger partial charge in [-0.2, -0.15) is 0 Å². The second-order valence-electron chi connectivity index (χ2n) is 10.1. The number of benzene rings is 3. The van der Waals surface area contributed by atoms with E-state index in [1.165, 1.54) is 30.5 Å². The van der Waals surface area contributed by atoms with Gasteiger partial charge in [0.1, 0.15) is 0 Å². The van der Waals surface area contributed by atoms with Crippen molar-refractivity contribution in [2.24, 2.45) is 5.92 Å². The zero-order valence-corrected chi connectivity index (χ0v) is 20.9. The fourth-order valence-electron chi connectivity index (χ4n) is 5.59. The monoisotopic (exact) mass is 496 g/mol. The predicted molar refractivity (Wildman–Crippen MR) is 143 cm³/mol. The number of carbonyl (C=O) groups excluding carboxylic acids is 2. The number of Topliss-reactive ketones (excluding diaryl/α,β-unsaturated/α-hetero) is 1. The van der Waals surface area contributed by atoms with Crippen molar-refractivity contribution in [1.82, 2.24) is 4.90 Å². The summed E-state index contributed by atoms with van der Waals surface area (Å²) in [5.41, 5.74) is 4.28. The number of nitrogens with one attached hydrogen (secondary N) is 1. The van der Waals surface area contributed by atoms with Crippen molar-refractivity contribution >= 4 is 23.3 Å². The second kappa shape index (κ2) is 11.1. The van der Waals surface area contributed by atoms with E-state index in [9.17, 15) is 14.4 Å². The number of nitrogens with zero attached hydrogens (tertiary/aromatic N) is 1. The molecule has 1 aliphatic carbocycles. The lowest BCUT2D eigenvalue weighted by Gasteiger charge is -2.33. The van der Waals surface area contributed by atoms with Crippen LogP contribution >= 0.6 is 0 Å². The van der Waals surface area contributed by atoms with E-state index in [0.29, 0.717) is 17.2 Å². The molecular formula is C31H32N2O4. The van der Waals surface area contributed by atoms with E-state index in [0.717, 1.165) is 50.0 Å². The van der Waals surface area contributed by atoms with Gasteiger partial charge < -0.3 is 15.3 Å². The number of carbonyl (C=O) groups is 3. The minimum Gasteiger partial charge on any atom is -0.478 e. The van der Waals surface area contributed by atoms with Crippen LogP contribution in [0.2, 0.25) is 0 Å². The molecule has 6 nitrogen and oxygen atoms in total. The van der Waals surface area contributed by atoms with Crippen LogP contribution in [0.25, 0.3) is 0 Å². The van der Waals surface area contributed by atoms with Crippen LogP contribution in [0.4, 0.5) is 5.69 Å². The van der Waals surface area contributed by atoms with Crippen molar-refractivity contribution in [3.05, 3.63) is 101 Å². The van der Waals surface area contributed by atoms with Crippen molar-refractivity contribution in [2.75, 3.05) is 25.0 Å². The number of hydrogen-bond acceptors (Lipinski definition) is 4. The Labute approximate surface area is 217 Å². The lowest BCUT2D eigenvalue weighted by Crippen LogP contribution is -2.35. The molecule has 1 atom stereocenters. The number of rotatable bonds is 7. The van der Waals surface area contributed by atoms with Gasteiger partial charge in [0.2, 0.25) is 0 Å². The molecule has 1 amide bonds. The minimum absolute atomic E-state index is 0.0340. The summed E-state index contributed by atoms with van der Waals surface area (Å²) in [5, 5.41) is 11.8. The zero-order chi connectivity index (χ0) is 25.8. The summed E-state index contributed by atoms with van der Waals surface area (Å²) in [6.07, 6.45) is 4.81. The van der Waals surface area contributed by atoms with E-state index in [1.807, 2.05) is 6.07 Å². The molecule has 1 unspecified atom stereocenters. The summed E-state index contributed by atoms with van der Waals surface area (Å²) in [7, 11) is 0. The molecule has 37 heavy (non-hydrogen) atoms. The van der Waals surface area contributed by atoms with Crippen LogP contribution in [0, 0.1) is 5.92 Å². The highest BCUT2D eigenvalue weighted by Crippen LogP contribution is 2.31. The number of fused-ring (bicyclic) bond motifs is 1. The molecule has 0 radical (unpaired) electrons. The Morgan fingerprint density at radius 3 is 2.30 bits per heavy atom. The van der Waals surface area contributed by atoms with Crippen molar-refractivity contribution in [3.8, 4) is 0 Å². The van der Waals surface area contributed by atoms with Crippen molar-refractivity contribution in [3.63, 3.8) is 0 Å². The molecular weight excluding hydrogens is 464 g/mol. The fourth-order valence-corrected chi connectivity index (χ4v) is 5.59. The van der Waals surface area contributed by atoms with E-state index in [4.69, 9.17) is 5.11 Å². The molecule has 2 N–H and O–H groups in total. The van der Waals surface area contributed by atoms with Crippen LogP contribution in [0.1, 0.15) is 73.8 Å². The highest BCUT2D eigenvalue weighted by atomic mass is 16.4. The summed E-state index contributed by atoms with van der Waals surface area (Å²) >= 11 is 0. The van der Waals surface area contributed by atoms with Gasteiger partial charge in [0.15, 0.2) is 5.78 Å². The SMILES string of the molecule is O=C(O)c1ccc(NC(=O)c2ccc3c(c2)CCC(CCN2CCC(c4ccccc4)CC2)C3=O)cc1. The molecule has 3 aromatic rings. The van der Waals surface area contributed by atoms with Gasteiger partial charge in [-0.15, -0.1) is 0 Å². The first-order valence-electron chi connectivity index (χ1n) is 13.1. The minimum atomic E-state index is -1.01. The molecule has 1 fully saturated rings. The number of anilines is 1. The summed E-state index contributed by atoms with van der Waals surface area (Å²) in [4.78, 5) is 39.5. The Balaban J connectivity index is 1.14. The zero-order valence-electron chi connectivity index (χ0n) is 20.9. The molecule has 190 valence electrons. The molecule has 1 saturated heterocycles. The van der Waals surface area contributed by atoms with Crippen LogP contribution in [0.3, 0.4) is 0 Å². The highest BCUT2D eigenvalue weighted by molar-refractivity contribution is 6.06. The molecule has 5 rings (SSSR count). The van der Waals surface area contributed by atoms with E-state index in [2.05, 4.69) is 40.5 Å². The van der Waals surface area contributed by atoms with Gasteiger partial charge in [0.05, 0.1) is 5.56 Å².